The average molecular weight is 327 g/mol. The number of ether oxygens (including phenoxy) is 1. The summed E-state index contributed by atoms with van der Waals surface area (Å²) in [6.45, 7) is 6.74. The van der Waals surface area contributed by atoms with Crippen molar-refractivity contribution in [3.8, 4) is 5.75 Å². The van der Waals surface area contributed by atoms with Crippen LogP contribution in [0.25, 0.3) is 0 Å². The molecule has 24 heavy (non-hydrogen) atoms. The van der Waals surface area contributed by atoms with Crippen LogP contribution in [-0.2, 0) is 0 Å². The molecule has 1 heterocycles. The zero-order chi connectivity index (χ0) is 17.4. The number of unbranched alkanes of at least 4 members (excludes halogenated alkanes) is 1. The Morgan fingerprint density at radius 2 is 2.04 bits per heavy atom. The lowest BCUT2D eigenvalue weighted by atomic mass is 10.2. The highest BCUT2D eigenvalue weighted by atomic mass is 16.5. The van der Waals surface area contributed by atoms with Gasteiger partial charge in [0.25, 0.3) is 5.91 Å². The maximum Gasteiger partial charge on any atom is 0.252 e. The fourth-order valence-corrected chi connectivity index (χ4v) is 2.20. The highest BCUT2D eigenvalue weighted by Crippen LogP contribution is 2.28. The molecule has 0 aliphatic heterocycles. The van der Waals surface area contributed by atoms with Crippen molar-refractivity contribution in [3.05, 3.63) is 48.3 Å². The molecule has 0 unspecified atom stereocenters. The van der Waals surface area contributed by atoms with E-state index in [1.807, 2.05) is 38.1 Å². The van der Waals surface area contributed by atoms with Crippen LogP contribution in [0.1, 0.15) is 44.0 Å². The van der Waals surface area contributed by atoms with Gasteiger partial charge in [0.15, 0.2) is 0 Å². The number of para-hydroxylation sites is 2. The molecule has 2 rings (SSSR count). The first-order valence-corrected chi connectivity index (χ1v) is 8.36. The molecule has 0 fully saturated rings. The van der Waals surface area contributed by atoms with E-state index in [4.69, 9.17) is 4.74 Å². The third-order valence-electron chi connectivity index (χ3n) is 3.35. The van der Waals surface area contributed by atoms with Gasteiger partial charge in [-0.25, -0.2) is 0 Å². The molecular formula is C19H25N3O2. The van der Waals surface area contributed by atoms with Crippen LogP contribution in [0.4, 0.5) is 11.4 Å². The minimum atomic E-state index is -0.105. The van der Waals surface area contributed by atoms with Crippen LogP contribution in [0.2, 0.25) is 0 Å². The van der Waals surface area contributed by atoms with Crippen molar-refractivity contribution in [2.45, 2.75) is 39.7 Å². The Hall–Kier alpha value is -2.56. The van der Waals surface area contributed by atoms with Gasteiger partial charge in [-0.1, -0.05) is 25.5 Å². The molecule has 0 radical (unpaired) electrons. The summed E-state index contributed by atoms with van der Waals surface area (Å²) in [7, 11) is 0. The summed E-state index contributed by atoms with van der Waals surface area (Å²) >= 11 is 0. The number of hydrogen-bond acceptors (Lipinski definition) is 4. The molecule has 1 aromatic carbocycles. The molecule has 2 aromatic rings. The Balaban J connectivity index is 2.11. The summed E-state index contributed by atoms with van der Waals surface area (Å²) in [5, 5.41) is 6.17. The molecule has 5 heteroatoms. The first kappa shape index (κ1) is 17.8. The number of benzene rings is 1. The topological polar surface area (TPSA) is 63.2 Å². The zero-order valence-electron chi connectivity index (χ0n) is 14.5. The van der Waals surface area contributed by atoms with E-state index in [-0.39, 0.29) is 12.0 Å². The summed E-state index contributed by atoms with van der Waals surface area (Å²) in [6.07, 6.45) is 5.36. The Morgan fingerprint density at radius 1 is 1.25 bits per heavy atom. The smallest absolute Gasteiger partial charge is 0.252 e. The number of amides is 1. The standard InChI is InChI=1S/C19H25N3O2/c1-4-5-10-21-19(23)15-11-16(13-20-12-15)22-17-8-6-7-9-18(17)24-14(2)3/h6-9,11-14,22H,4-5,10H2,1-3H3,(H,21,23). The van der Waals surface area contributed by atoms with E-state index in [1.54, 1.807) is 18.5 Å². The molecule has 1 amide bonds. The number of aromatic nitrogens is 1. The van der Waals surface area contributed by atoms with E-state index in [0.717, 1.165) is 30.0 Å². The van der Waals surface area contributed by atoms with E-state index in [1.165, 1.54) is 0 Å². The van der Waals surface area contributed by atoms with Gasteiger partial charge in [-0.05, 0) is 38.5 Å². The Labute approximate surface area is 143 Å². The van der Waals surface area contributed by atoms with E-state index in [0.29, 0.717) is 12.1 Å². The van der Waals surface area contributed by atoms with Crippen LogP contribution >= 0.6 is 0 Å². The van der Waals surface area contributed by atoms with Crippen molar-refractivity contribution in [2.24, 2.45) is 0 Å². The third-order valence-corrected chi connectivity index (χ3v) is 3.35. The van der Waals surface area contributed by atoms with Crippen molar-refractivity contribution in [3.63, 3.8) is 0 Å². The van der Waals surface area contributed by atoms with Crippen molar-refractivity contribution >= 4 is 17.3 Å². The Morgan fingerprint density at radius 3 is 2.79 bits per heavy atom. The second-order valence-electron chi connectivity index (χ2n) is 5.86. The molecule has 128 valence electrons. The molecule has 0 saturated carbocycles. The number of carbonyl (C=O) groups is 1. The molecule has 1 aromatic heterocycles. The summed E-state index contributed by atoms with van der Waals surface area (Å²) in [6, 6.07) is 9.51. The predicted octanol–water partition coefficient (Wildman–Crippen LogP) is 4.14. The van der Waals surface area contributed by atoms with Crippen molar-refractivity contribution in [1.29, 1.82) is 0 Å². The van der Waals surface area contributed by atoms with E-state index >= 15 is 0 Å². The summed E-state index contributed by atoms with van der Waals surface area (Å²) in [4.78, 5) is 16.3. The van der Waals surface area contributed by atoms with Gasteiger partial charge in [-0.3, -0.25) is 9.78 Å². The Bertz CT molecular complexity index is 671. The van der Waals surface area contributed by atoms with Crippen LogP contribution in [0.3, 0.4) is 0 Å². The lowest BCUT2D eigenvalue weighted by Gasteiger charge is -2.15. The van der Waals surface area contributed by atoms with Gasteiger partial charge in [0, 0.05) is 12.7 Å². The van der Waals surface area contributed by atoms with Crippen LogP contribution < -0.4 is 15.4 Å². The lowest BCUT2D eigenvalue weighted by molar-refractivity contribution is 0.0953. The number of pyridine rings is 1. The van der Waals surface area contributed by atoms with Gasteiger partial charge in [-0.2, -0.15) is 0 Å². The van der Waals surface area contributed by atoms with Crippen LogP contribution in [0.5, 0.6) is 5.75 Å². The SMILES string of the molecule is CCCCNC(=O)c1cncc(Nc2ccccc2OC(C)C)c1. The van der Waals surface area contributed by atoms with E-state index < -0.39 is 0 Å². The largest absolute Gasteiger partial charge is 0.489 e. The van der Waals surface area contributed by atoms with Crippen LogP contribution in [0.15, 0.2) is 42.7 Å². The molecule has 0 saturated heterocycles. The van der Waals surface area contributed by atoms with E-state index in [9.17, 15) is 4.79 Å². The minimum absolute atomic E-state index is 0.0850. The van der Waals surface area contributed by atoms with Crippen LogP contribution in [-0.4, -0.2) is 23.5 Å². The molecular weight excluding hydrogens is 302 g/mol. The fraction of sp³-hybridized carbons (Fsp3) is 0.368. The van der Waals surface area contributed by atoms with Gasteiger partial charge in [0.1, 0.15) is 5.75 Å². The van der Waals surface area contributed by atoms with Crippen molar-refractivity contribution in [1.82, 2.24) is 10.3 Å². The van der Waals surface area contributed by atoms with Crippen molar-refractivity contribution in [2.75, 3.05) is 11.9 Å². The second kappa shape index (κ2) is 8.91. The number of carbonyl (C=O) groups excluding carboxylic acids is 1. The molecule has 0 spiro atoms. The van der Waals surface area contributed by atoms with Gasteiger partial charge in [-0.15, -0.1) is 0 Å². The maximum atomic E-state index is 12.1. The summed E-state index contributed by atoms with van der Waals surface area (Å²) in [5.41, 5.74) is 2.13. The molecule has 0 aliphatic rings. The summed E-state index contributed by atoms with van der Waals surface area (Å²) in [5.74, 6) is 0.664. The Kier molecular flexibility index (Phi) is 6.61. The monoisotopic (exact) mass is 327 g/mol. The highest BCUT2D eigenvalue weighted by Gasteiger charge is 2.09. The zero-order valence-corrected chi connectivity index (χ0v) is 14.5. The first-order chi connectivity index (χ1) is 11.6. The number of nitrogens with one attached hydrogen (secondary N) is 2. The normalized spacial score (nSPS) is 10.5. The number of rotatable bonds is 8. The molecule has 0 atom stereocenters. The maximum absolute atomic E-state index is 12.1. The summed E-state index contributed by atoms with van der Waals surface area (Å²) < 4.78 is 5.80. The van der Waals surface area contributed by atoms with Crippen LogP contribution in [0, 0.1) is 0 Å². The lowest BCUT2D eigenvalue weighted by Crippen LogP contribution is -2.24. The van der Waals surface area contributed by atoms with Gasteiger partial charge >= 0.3 is 0 Å². The predicted molar refractivity (Wildman–Crippen MR) is 97.0 cm³/mol. The highest BCUT2D eigenvalue weighted by molar-refractivity contribution is 5.94. The van der Waals surface area contributed by atoms with Gasteiger partial charge < -0.3 is 15.4 Å². The van der Waals surface area contributed by atoms with Gasteiger partial charge in [0.05, 0.1) is 29.2 Å². The molecule has 5 nitrogen and oxygen atoms in total. The molecule has 0 aliphatic carbocycles. The fourth-order valence-electron chi connectivity index (χ4n) is 2.20. The van der Waals surface area contributed by atoms with Gasteiger partial charge in [0.2, 0.25) is 0 Å². The second-order valence-corrected chi connectivity index (χ2v) is 5.86. The molecule has 2 N–H and O–H groups in total. The minimum Gasteiger partial charge on any atom is -0.489 e. The van der Waals surface area contributed by atoms with E-state index in [2.05, 4.69) is 22.5 Å². The number of nitrogens with zero attached hydrogens (tertiary/aromatic N) is 1. The average Bonchev–Trinajstić information content (AvgIpc) is 2.56. The first-order valence-electron chi connectivity index (χ1n) is 8.36. The third kappa shape index (κ3) is 5.26. The quantitative estimate of drug-likeness (QED) is 0.715. The van der Waals surface area contributed by atoms with Crippen molar-refractivity contribution < 1.29 is 9.53 Å². The number of hydrogen-bond donors (Lipinski definition) is 2. The molecule has 0 bridgehead atoms. The number of anilines is 2.